The predicted octanol–water partition coefficient (Wildman–Crippen LogP) is 4.17. The summed E-state index contributed by atoms with van der Waals surface area (Å²) in [5, 5.41) is 11.5. The number of methoxy groups -OCH3 is 1. The number of fused-ring (bicyclic) bond motifs is 1. The number of halogens is 3. The van der Waals surface area contributed by atoms with Crippen molar-refractivity contribution in [2.45, 2.75) is 12.6 Å². The van der Waals surface area contributed by atoms with E-state index in [0.29, 0.717) is 25.0 Å². The molecule has 29 heavy (non-hydrogen) atoms. The van der Waals surface area contributed by atoms with Crippen LogP contribution in [0.3, 0.4) is 0 Å². The fourth-order valence-electron chi connectivity index (χ4n) is 3.01. The van der Waals surface area contributed by atoms with Crippen molar-refractivity contribution in [3.63, 3.8) is 0 Å². The number of aromatic nitrogens is 1. The summed E-state index contributed by atoms with van der Waals surface area (Å²) in [7, 11) is 1.58. The second-order valence-corrected chi connectivity index (χ2v) is 6.35. The monoisotopic (exact) mass is 404 g/mol. The van der Waals surface area contributed by atoms with Crippen LogP contribution in [0.4, 0.5) is 13.2 Å². The molecule has 0 amide bonds. The minimum absolute atomic E-state index is 0.0814. The number of pyridine rings is 1. The predicted molar refractivity (Wildman–Crippen MR) is 105 cm³/mol. The van der Waals surface area contributed by atoms with Crippen molar-refractivity contribution in [3.8, 4) is 11.6 Å². The molecule has 3 rings (SSSR count). The average molecular weight is 404 g/mol. The Bertz CT molecular complexity index is 1100. The summed E-state index contributed by atoms with van der Waals surface area (Å²) in [5.74, 6) is -0.469. The van der Waals surface area contributed by atoms with Crippen molar-refractivity contribution in [2.24, 2.45) is 4.99 Å². The van der Waals surface area contributed by atoms with Crippen LogP contribution in [-0.2, 0) is 10.9 Å². The summed E-state index contributed by atoms with van der Waals surface area (Å²) in [4.78, 5) is 17.2. The zero-order chi connectivity index (χ0) is 21.0. The summed E-state index contributed by atoms with van der Waals surface area (Å²) in [5.41, 5.74) is -1.35. The van der Waals surface area contributed by atoms with Crippen LogP contribution in [0.5, 0.6) is 5.88 Å². The van der Waals surface area contributed by atoms with Gasteiger partial charge in [-0.1, -0.05) is 24.3 Å². The summed E-state index contributed by atoms with van der Waals surface area (Å²) < 4.78 is 45.1. The van der Waals surface area contributed by atoms with Gasteiger partial charge in [0.15, 0.2) is 0 Å². The number of nitrogens with zero attached hydrogens (tertiary/aromatic N) is 2. The topological polar surface area (TPSA) is 63.8 Å². The van der Waals surface area contributed by atoms with Gasteiger partial charge in [0.25, 0.3) is 5.56 Å². The molecule has 0 aliphatic carbocycles. The fourth-order valence-corrected chi connectivity index (χ4v) is 3.01. The highest BCUT2D eigenvalue weighted by Gasteiger charge is 2.31. The molecule has 5 nitrogen and oxygen atoms in total. The number of benzene rings is 2. The molecule has 0 aliphatic rings. The molecule has 0 aliphatic heterocycles. The first-order chi connectivity index (χ1) is 13.8. The molecule has 0 fully saturated rings. The Hall–Kier alpha value is -3.13. The number of hydrogen-bond donors (Lipinski definition) is 1. The van der Waals surface area contributed by atoms with Crippen LogP contribution in [-0.4, -0.2) is 36.1 Å². The van der Waals surface area contributed by atoms with Gasteiger partial charge >= 0.3 is 6.18 Å². The number of alkyl halides is 3. The van der Waals surface area contributed by atoms with E-state index in [1.165, 1.54) is 18.3 Å². The van der Waals surface area contributed by atoms with E-state index >= 15 is 0 Å². The fraction of sp³-hybridized carbons (Fsp3) is 0.238. The van der Waals surface area contributed by atoms with Crippen LogP contribution >= 0.6 is 0 Å². The van der Waals surface area contributed by atoms with E-state index in [0.717, 1.165) is 16.7 Å². The summed E-state index contributed by atoms with van der Waals surface area (Å²) in [6.07, 6.45) is -2.48. The van der Waals surface area contributed by atoms with Gasteiger partial charge in [-0.15, -0.1) is 0 Å². The van der Waals surface area contributed by atoms with Crippen molar-refractivity contribution in [2.75, 3.05) is 20.3 Å². The van der Waals surface area contributed by atoms with E-state index in [2.05, 4.69) is 4.99 Å². The summed E-state index contributed by atoms with van der Waals surface area (Å²) in [6, 6.07) is 10.8. The number of aromatic hydroxyl groups is 1. The van der Waals surface area contributed by atoms with Gasteiger partial charge in [-0.05, 0) is 30.7 Å². The van der Waals surface area contributed by atoms with Gasteiger partial charge < -0.3 is 9.84 Å². The van der Waals surface area contributed by atoms with Gasteiger partial charge in [0.2, 0.25) is 5.88 Å². The second kappa shape index (κ2) is 8.48. The average Bonchev–Trinajstić information content (AvgIpc) is 2.70. The number of rotatable bonds is 6. The van der Waals surface area contributed by atoms with Crippen LogP contribution in [0, 0.1) is 0 Å². The van der Waals surface area contributed by atoms with Crippen molar-refractivity contribution in [1.29, 1.82) is 0 Å². The molecular weight excluding hydrogens is 385 g/mol. The van der Waals surface area contributed by atoms with Crippen molar-refractivity contribution in [3.05, 3.63) is 70.0 Å². The Morgan fingerprint density at radius 1 is 1.14 bits per heavy atom. The SMILES string of the molecule is COCCCN=Cc1c(O)n(-c2cccc(C(F)(F)F)c2)c(=O)c2ccccc12. The number of hydrogen-bond acceptors (Lipinski definition) is 4. The van der Waals surface area contributed by atoms with Gasteiger partial charge in [0.1, 0.15) is 0 Å². The normalized spacial score (nSPS) is 12.1. The van der Waals surface area contributed by atoms with E-state index in [1.807, 2.05) is 0 Å². The highest BCUT2D eigenvalue weighted by Crippen LogP contribution is 2.32. The minimum atomic E-state index is -4.57. The third-order valence-electron chi connectivity index (χ3n) is 4.39. The first-order valence-electron chi connectivity index (χ1n) is 8.87. The van der Waals surface area contributed by atoms with E-state index in [9.17, 15) is 23.1 Å². The van der Waals surface area contributed by atoms with Gasteiger partial charge in [-0.3, -0.25) is 9.79 Å². The van der Waals surface area contributed by atoms with Crippen molar-refractivity contribution < 1.29 is 23.0 Å². The maximum atomic E-state index is 13.1. The lowest BCUT2D eigenvalue weighted by molar-refractivity contribution is -0.137. The molecule has 0 radical (unpaired) electrons. The molecule has 1 heterocycles. The van der Waals surface area contributed by atoms with E-state index < -0.39 is 23.2 Å². The van der Waals surface area contributed by atoms with Crippen molar-refractivity contribution >= 4 is 17.0 Å². The Kier molecular flexibility index (Phi) is 6.03. The lowest BCUT2D eigenvalue weighted by atomic mass is 10.1. The quantitative estimate of drug-likeness (QED) is 0.495. The van der Waals surface area contributed by atoms with E-state index in [1.54, 1.807) is 31.4 Å². The number of aliphatic imine (C=N–C) groups is 1. The van der Waals surface area contributed by atoms with E-state index in [4.69, 9.17) is 4.74 Å². The molecule has 152 valence electrons. The van der Waals surface area contributed by atoms with Gasteiger partial charge in [-0.25, -0.2) is 4.57 Å². The number of ether oxygens (including phenoxy) is 1. The van der Waals surface area contributed by atoms with Crippen LogP contribution < -0.4 is 5.56 Å². The molecule has 1 aromatic heterocycles. The first-order valence-corrected chi connectivity index (χ1v) is 8.87. The van der Waals surface area contributed by atoms with E-state index in [-0.39, 0.29) is 16.6 Å². The first kappa shape index (κ1) is 20.6. The molecule has 3 aromatic rings. The van der Waals surface area contributed by atoms with Crippen LogP contribution in [0.15, 0.2) is 58.3 Å². The molecule has 0 spiro atoms. The molecular formula is C21H19F3N2O3. The Morgan fingerprint density at radius 2 is 1.86 bits per heavy atom. The Labute approximate surface area is 164 Å². The Balaban J connectivity index is 2.20. The Morgan fingerprint density at radius 3 is 2.55 bits per heavy atom. The van der Waals surface area contributed by atoms with Crippen LogP contribution in [0.25, 0.3) is 16.5 Å². The smallest absolute Gasteiger partial charge is 0.416 e. The van der Waals surface area contributed by atoms with Crippen molar-refractivity contribution in [1.82, 2.24) is 4.57 Å². The van der Waals surface area contributed by atoms with Gasteiger partial charge in [0, 0.05) is 37.2 Å². The lowest BCUT2D eigenvalue weighted by Gasteiger charge is -2.15. The molecule has 0 bridgehead atoms. The summed E-state index contributed by atoms with van der Waals surface area (Å²) in [6.45, 7) is 0.956. The largest absolute Gasteiger partial charge is 0.494 e. The highest BCUT2D eigenvalue weighted by molar-refractivity contribution is 6.01. The molecule has 0 saturated carbocycles. The molecule has 0 saturated heterocycles. The zero-order valence-electron chi connectivity index (χ0n) is 15.6. The summed E-state index contributed by atoms with van der Waals surface area (Å²) >= 11 is 0. The molecule has 0 unspecified atom stereocenters. The zero-order valence-corrected chi connectivity index (χ0v) is 15.6. The molecule has 8 heteroatoms. The lowest BCUT2D eigenvalue weighted by Crippen LogP contribution is -2.20. The molecule has 1 N–H and O–H groups in total. The highest BCUT2D eigenvalue weighted by atomic mass is 19.4. The van der Waals surface area contributed by atoms with Crippen LogP contribution in [0.2, 0.25) is 0 Å². The second-order valence-electron chi connectivity index (χ2n) is 6.35. The molecule has 0 atom stereocenters. The van der Waals surface area contributed by atoms with Gasteiger partial charge in [0.05, 0.1) is 16.8 Å². The minimum Gasteiger partial charge on any atom is -0.494 e. The van der Waals surface area contributed by atoms with Crippen LogP contribution in [0.1, 0.15) is 17.5 Å². The maximum Gasteiger partial charge on any atom is 0.416 e. The third-order valence-corrected chi connectivity index (χ3v) is 4.39. The third kappa shape index (κ3) is 4.32. The maximum absolute atomic E-state index is 13.1. The standard InChI is InChI=1S/C21H19F3N2O3/c1-29-11-5-10-25-13-18-16-8-2-3-9-17(16)19(27)26(20(18)28)15-7-4-6-14(12-15)21(22,23)24/h2-4,6-9,12-13,28H,5,10-11H2,1H3. The van der Waals surface area contributed by atoms with Gasteiger partial charge in [-0.2, -0.15) is 13.2 Å². The molecule has 2 aromatic carbocycles.